The molecule has 0 radical (unpaired) electrons. The number of halogens is 1. The number of fused-ring (bicyclic) bond motifs is 2. The lowest BCUT2D eigenvalue weighted by atomic mass is 10.0. The van der Waals surface area contributed by atoms with Crippen LogP contribution < -0.4 is 14.8 Å². The molecule has 3 aromatic rings. The third-order valence-electron chi connectivity index (χ3n) is 4.42. The van der Waals surface area contributed by atoms with Crippen molar-refractivity contribution >= 4 is 10.9 Å². The summed E-state index contributed by atoms with van der Waals surface area (Å²) in [4.78, 5) is 4.80. The van der Waals surface area contributed by atoms with E-state index in [1.165, 1.54) is 12.1 Å². The molecule has 1 unspecified atom stereocenters. The fraction of sp³-hybridized carbons (Fsp3) is 0.250. The summed E-state index contributed by atoms with van der Waals surface area (Å²) in [6, 6.07) is 12.1. The lowest BCUT2D eigenvalue weighted by molar-refractivity contribution is 0.174. The molecule has 2 N–H and O–H groups in total. The molecule has 0 aliphatic carbocycles. The van der Waals surface area contributed by atoms with Gasteiger partial charge in [-0.05, 0) is 48.9 Å². The summed E-state index contributed by atoms with van der Waals surface area (Å²) in [5, 5.41) is 13.5. The summed E-state index contributed by atoms with van der Waals surface area (Å²) in [6.07, 6.45) is 0. The van der Waals surface area contributed by atoms with Crippen LogP contribution in [0.25, 0.3) is 22.2 Å². The van der Waals surface area contributed by atoms with Crippen LogP contribution in [0.3, 0.4) is 0 Å². The molecule has 1 aromatic heterocycles. The highest BCUT2D eigenvalue weighted by molar-refractivity contribution is 5.86. The van der Waals surface area contributed by atoms with Crippen LogP contribution in [0.15, 0.2) is 42.5 Å². The number of ether oxygens (including phenoxy) is 2. The van der Waals surface area contributed by atoms with Crippen molar-refractivity contribution in [2.75, 3.05) is 13.4 Å². The van der Waals surface area contributed by atoms with Gasteiger partial charge in [0.05, 0.1) is 17.8 Å². The topological polar surface area (TPSA) is 63.6 Å². The molecule has 0 saturated heterocycles. The lowest BCUT2D eigenvalue weighted by Gasteiger charge is -2.15. The minimum Gasteiger partial charge on any atom is -0.454 e. The summed E-state index contributed by atoms with van der Waals surface area (Å²) in [6.45, 7) is 2.69. The Morgan fingerprint density at radius 3 is 2.62 bits per heavy atom. The minimum absolute atomic E-state index is 0.0384. The van der Waals surface area contributed by atoms with Crippen molar-refractivity contribution in [3.05, 3.63) is 53.8 Å². The van der Waals surface area contributed by atoms with Crippen LogP contribution in [-0.4, -0.2) is 29.5 Å². The van der Waals surface area contributed by atoms with Crippen LogP contribution in [0.4, 0.5) is 4.39 Å². The number of aliphatic hydroxyl groups excluding tert-OH is 1. The van der Waals surface area contributed by atoms with Crippen molar-refractivity contribution in [1.82, 2.24) is 10.3 Å². The molecule has 0 saturated carbocycles. The molecule has 26 heavy (non-hydrogen) atoms. The third kappa shape index (κ3) is 3.21. The van der Waals surface area contributed by atoms with E-state index in [0.717, 1.165) is 27.7 Å². The molecule has 1 atom stereocenters. The van der Waals surface area contributed by atoms with E-state index in [4.69, 9.17) is 14.5 Å². The van der Waals surface area contributed by atoms with E-state index < -0.39 is 0 Å². The van der Waals surface area contributed by atoms with Crippen LogP contribution >= 0.6 is 0 Å². The molecule has 2 heterocycles. The molecular weight excluding hydrogens is 335 g/mol. The highest BCUT2D eigenvalue weighted by Crippen LogP contribution is 2.37. The molecular formula is C20H19FN2O3. The van der Waals surface area contributed by atoms with E-state index >= 15 is 0 Å². The fourth-order valence-corrected chi connectivity index (χ4v) is 2.95. The molecule has 6 heteroatoms. The van der Waals surface area contributed by atoms with Gasteiger partial charge in [0.15, 0.2) is 11.5 Å². The molecule has 0 bridgehead atoms. The van der Waals surface area contributed by atoms with Crippen LogP contribution in [0.2, 0.25) is 0 Å². The van der Waals surface area contributed by atoms with Crippen molar-refractivity contribution in [2.45, 2.75) is 19.5 Å². The Morgan fingerprint density at radius 2 is 1.88 bits per heavy atom. The van der Waals surface area contributed by atoms with Crippen molar-refractivity contribution in [3.8, 4) is 22.8 Å². The van der Waals surface area contributed by atoms with Crippen LogP contribution in [0.1, 0.15) is 12.5 Å². The molecule has 1 aliphatic heterocycles. The number of aromatic nitrogens is 1. The van der Waals surface area contributed by atoms with Crippen LogP contribution in [-0.2, 0) is 6.54 Å². The van der Waals surface area contributed by atoms with Gasteiger partial charge < -0.3 is 19.9 Å². The first-order valence-electron chi connectivity index (χ1n) is 8.47. The predicted molar refractivity (Wildman–Crippen MR) is 96.6 cm³/mol. The van der Waals surface area contributed by atoms with Gasteiger partial charge in [-0.2, -0.15) is 0 Å². The van der Waals surface area contributed by atoms with E-state index in [0.29, 0.717) is 18.0 Å². The monoisotopic (exact) mass is 354 g/mol. The molecule has 0 amide bonds. The first-order valence-corrected chi connectivity index (χ1v) is 8.47. The van der Waals surface area contributed by atoms with Crippen molar-refractivity contribution in [2.24, 2.45) is 0 Å². The van der Waals surface area contributed by atoms with Gasteiger partial charge in [0, 0.05) is 29.6 Å². The van der Waals surface area contributed by atoms with Gasteiger partial charge in [-0.3, -0.25) is 0 Å². The SMILES string of the molecule is CC(CO)NCc1cc2cc3c(cc2nc1-c1ccc(F)cc1)OCO3. The first-order chi connectivity index (χ1) is 12.6. The number of aliphatic hydroxyl groups is 1. The smallest absolute Gasteiger partial charge is 0.231 e. The molecule has 2 aromatic carbocycles. The van der Waals surface area contributed by atoms with E-state index in [1.54, 1.807) is 12.1 Å². The number of benzene rings is 2. The third-order valence-corrected chi connectivity index (χ3v) is 4.42. The Labute approximate surface area is 150 Å². The minimum atomic E-state index is -0.286. The molecule has 0 fully saturated rings. The number of hydrogen-bond acceptors (Lipinski definition) is 5. The number of pyridine rings is 1. The van der Waals surface area contributed by atoms with Crippen molar-refractivity contribution in [3.63, 3.8) is 0 Å². The molecule has 134 valence electrons. The normalized spacial score (nSPS) is 14.0. The summed E-state index contributed by atoms with van der Waals surface area (Å²) in [5.41, 5.74) is 3.35. The second kappa shape index (κ2) is 6.90. The number of rotatable bonds is 5. The summed E-state index contributed by atoms with van der Waals surface area (Å²) in [5.74, 6) is 1.10. The van der Waals surface area contributed by atoms with E-state index in [1.807, 2.05) is 25.1 Å². The number of nitrogens with one attached hydrogen (secondary N) is 1. The Kier molecular flexibility index (Phi) is 4.44. The fourth-order valence-electron chi connectivity index (χ4n) is 2.95. The Hall–Kier alpha value is -2.70. The van der Waals surface area contributed by atoms with E-state index in [9.17, 15) is 9.50 Å². The van der Waals surface area contributed by atoms with E-state index in [-0.39, 0.29) is 25.3 Å². The maximum absolute atomic E-state index is 13.3. The van der Waals surface area contributed by atoms with Gasteiger partial charge in [-0.1, -0.05) is 0 Å². The molecule has 1 aliphatic rings. The quantitative estimate of drug-likeness (QED) is 0.736. The van der Waals surface area contributed by atoms with Gasteiger partial charge in [-0.15, -0.1) is 0 Å². The molecule has 0 spiro atoms. The average Bonchev–Trinajstić information content (AvgIpc) is 3.11. The highest BCUT2D eigenvalue weighted by atomic mass is 19.1. The number of nitrogens with zero attached hydrogens (tertiary/aromatic N) is 1. The molecule has 5 nitrogen and oxygen atoms in total. The van der Waals surface area contributed by atoms with Gasteiger partial charge >= 0.3 is 0 Å². The maximum Gasteiger partial charge on any atom is 0.231 e. The van der Waals surface area contributed by atoms with Crippen molar-refractivity contribution in [1.29, 1.82) is 0 Å². The van der Waals surface area contributed by atoms with Gasteiger partial charge in [0.2, 0.25) is 6.79 Å². The maximum atomic E-state index is 13.3. The summed E-state index contributed by atoms with van der Waals surface area (Å²) < 4.78 is 24.2. The predicted octanol–water partition coefficient (Wildman–Crippen LogP) is 3.24. The average molecular weight is 354 g/mol. The van der Waals surface area contributed by atoms with Gasteiger partial charge in [0.25, 0.3) is 0 Å². The van der Waals surface area contributed by atoms with Gasteiger partial charge in [-0.25, -0.2) is 9.37 Å². The molecule has 4 rings (SSSR count). The zero-order valence-electron chi connectivity index (χ0n) is 14.3. The Balaban J connectivity index is 1.82. The Bertz CT molecular complexity index is 944. The Morgan fingerprint density at radius 1 is 1.15 bits per heavy atom. The highest BCUT2D eigenvalue weighted by Gasteiger charge is 2.17. The summed E-state index contributed by atoms with van der Waals surface area (Å²) in [7, 11) is 0. The standard InChI is InChI=1S/C20H19FN2O3/c1-12(10-24)22-9-15-6-14-7-18-19(26-11-25-18)8-17(14)23-20(15)13-2-4-16(21)5-3-13/h2-8,12,22,24H,9-11H2,1H3. The number of hydrogen-bond donors (Lipinski definition) is 2. The van der Waals surface area contributed by atoms with E-state index in [2.05, 4.69) is 5.32 Å². The van der Waals surface area contributed by atoms with Crippen LogP contribution in [0.5, 0.6) is 11.5 Å². The van der Waals surface area contributed by atoms with Gasteiger partial charge in [0.1, 0.15) is 5.82 Å². The summed E-state index contributed by atoms with van der Waals surface area (Å²) >= 11 is 0. The largest absolute Gasteiger partial charge is 0.454 e. The lowest BCUT2D eigenvalue weighted by Crippen LogP contribution is -2.28. The first kappa shape index (κ1) is 16.8. The van der Waals surface area contributed by atoms with Crippen molar-refractivity contribution < 1.29 is 19.0 Å². The second-order valence-corrected chi connectivity index (χ2v) is 6.37. The zero-order valence-corrected chi connectivity index (χ0v) is 14.3. The zero-order chi connectivity index (χ0) is 18.1. The van der Waals surface area contributed by atoms with Crippen LogP contribution in [0, 0.1) is 5.82 Å². The second-order valence-electron chi connectivity index (χ2n) is 6.37.